The van der Waals surface area contributed by atoms with E-state index >= 15 is 0 Å². The second-order valence-electron chi connectivity index (χ2n) is 9.77. The van der Waals surface area contributed by atoms with Gasteiger partial charge in [-0.2, -0.15) is 0 Å². The fourth-order valence-corrected chi connectivity index (χ4v) is 5.58. The molecule has 4 rings (SSSR count). The van der Waals surface area contributed by atoms with E-state index in [1.54, 1.807) is 12.1 Å². The number of fused-ring (bicyclic) bond motifs is 1. The van der Waals surface area contributed by atoms with Crippen molar-refractivity contribution in [1.82, 2.24) is 10.2 Å². The number of nitrogens with one attached hydrogen (secondary N) is 1. The standard InChI is InChI=1S/C32H35N3O4S/c1-3-21-33-32(37)30(22-25-13-6-4-7-14-25)34(23-26-15-8-5-9-16-26)31(36)24-35(40(2,38)39)29-20-12-18-27-17-10-11-19-28(27)29/h4-20,30H,3,21-24H2,1-2H3,(H,33,37)/t30-/m0/s1. The SMILES string of the molecule is CCCNC(=O)[C@H](Cc1ccccc1)N(Cc1ccccc1)C(=O)CN(c1cccc2ccccc12)S(C)(=O)=O. The summed E-state index contributed by atoms with van der Waals surface area (Å²) in [6.07, 6.45) is 2.14. The first kappa shape index (κ1) is 28.8. The van der Waals surface area contributed by atoms with E-state index in [0.717, 1.165) is 38.9 Å². The van der Waals surface area contributed by atoms with E-state index in [1.165, 1.54) is 4.90 Å². The van der Waals surface area contributed by atoms with Crippen molar-refractivity contribution in [1.29, 1.82) is 0 Å². The fraction of sp³-hybridized carbons (Fsp3) is 0.250. The molecule has 0 aliphatic rings. The number of benzene rings is 4. The zero-order valence-electron chi connectivity index (χ0n) is 22.9. The van der Waals surface area contributed by atoms with Gasteiger partial charge in [0.15, 0.2) is 0 Å². The Kier molecular flexibility index (Phi) is 9.56. The third-order valence-corrected chi connectivity index (χ3v) is 7.86. The molecule has 0 spiro atoms. The maximum Gasteiger partial charge on any atom is 0.244 e. The molecule has 7 nitrogen and oxygen atoms in total. The number of hydrogen-bond donors (Lipinski definition) is 1. The molecule has 0 radical (unpaired) electrons. The minimum Gasteiger partial charge on any atom is -0.354 e. The molecule has 0 saturated carbocycles. The number of amides is 2. The first-order chi connectivity index (χ1) is 19.3. The van der Waals surface area contributed by atoms with Gasteiger partial charge in [0.25, 0.3) is 0 Å². The molecule has 0 unspecified atom stereocenters. The predicted octanol–water partition coefficient (Wildman–Crippen LogP) is 4.77. The van der Waals surface area contributed by atoms with Gasteiger partial charge in [-0.3, -0.25) is 13.9 Å². The summed E-state index contributed by atoms with van der Waals surface area (Å²) < 4.78 is 27.3. The van der Waals surface area contributed by atoms with Gasteiger partial charge in [0, 0.05) is 24.9 Å². The monoisotopic (exact) mass is 557 g/mol. The summed E-state index contributed by atoms with van der Waals surface area (Å²) in [7, 11) is -3.84. The summed E-state index contributed by atoms with van der Waals surface area (Å²) in [5, 5.41) is 4.53. The van der Waals surface area contributed by atoms with Crippen LogP contribution in [0.5, 0.6) is 0 Å². The number of nitrogens with zero attached hydrogens (tertiary/aromatic N) is 2. The molecule has 208 valence electrons. The molecule has 0 bridgehead atoms. The van der Waals surface area contributed by atoms with Crippen LogP contribution in [0.25, 0.3) is 10.8 Å². The molecule has 0 aliphatic heterocycles. The number of rotatable bonds is 12. The zero-order chi connectivity index (χ0) is 28.5. The Hall–Kier alpha value is -4.17. The number of hydrogen-bond acceptors (Lipinski definition) is 4. The lowest BCUT2D eigenvalue weighted by molar-refractivity contribution is -0.140. The number of anilines is 1. The molecule has 0 aromatic heterocycles. The van der Waals surface area contributed by atoms with Crippen LogP contribution in [0.15, 0.2) is 103 Å². The lowest BCUT2D eigenvalue weighted by atomic mass is 10.0. The van der Waals surface area contributed by atoms with Crippen LogP contribution < -0.4 is 9.62 Å². The average Bonchev–Trinajstić information content (AvgIpc) is 2.96. The Morgan fingerprint density at radius 3 is 2.05 bits per heavy atom. The van der Waals surface area contributed by atoms with Gasteiger partial charge in [-0.1, -0.05) is 104 Å². The second-order valence-corrected chi connectivity index (χ2v) is 11.7. The van der Waals surface area contributed by atoms with Crippen LogP contribution in [0.2, 0.25) is 0 Å². The van der Waals surface area contributed by atoms with Crippen LogP contribution in [0, 0.1) is 0 Å². The van der Waals surface area contributed by atoms with Crippen molar-refractivity contribution in [3.05, 3.63) is 114 Å². The first-order valence-corrected chi connectivity index (χ1v) is 15.2. The molecule has 40 heavy (non-hydrogen) atoms. The molecule has 1 N–H and O–H groups in total. The van der Waals surface area contributed by atoms with Gasteiger partial charge < -0.3 is 10.2 Å². The molecule has 4 aromatic carbocycles. The van der Waals surface area contributed by atoms with Gasteiger partial charge in [0.05, 0.1) is 11.9 Å². The molecule has 0 fully saturated rings. The summed E-state index contributed by atoms with van der Waals surface area (Å²) >= 11 is 0. The molecular weight excluding hydrogens is 522 g/mol. The number of carbonyl (C=O) groups is 2. The number of sulfonamides is 1. The molecule has 4 aromatic rings. The Morgan fingerprint density at radius 2 is 1.40 bits per heavy atom. The van der Waals surface area contributed by atoms with Gasteiger partial charge in [-0.15, -0.1) is 0 Å². The zero-order valence-corrected chi connectivity index (χ0v) is 23.7. The molecule has 0 saturated heterocycles. The Morgan fingerprint density at radius 1 is 0.800 bits per heavy atom. The summed E-state index contributed by atoms with van der Waals surface area (Å²) in [5.74, 6) is -0.735. The fourth-order valence-electron chi connectivity index (χ4n) is 4.72. The van der Waals surface area contributed by atoms with E-state index in [1.807, 2.05) is 97.9 Å². The second kappa shape index (κ2) is 13.3. The van der Waals surface area contributed by atoms with Crippen molar-refractivity contribution < 1.29 is 18.0 Å². The molecule has 0 heterocycles. The van der Waals surface area contributed by atoms with Gasteiger partial charge >= 0.3 is 0 Å². The van der Waals surface area contributed by atoms with Crippen molar-refractivity contribution in [3.63, 3.8) is 0 Å². The predicted molar refractivity (Wildman–Crippen MR) is 160 cm³/mol. The highest BCUT2D eigenvalue weighted by Crippen LogP contribution is 2.29. The quantitative estimate of drug-likeness (QED) is 0.272. The Balaban J connectivity index is 1.76. The molecule has 2 amide bonds. The third kappa shape index (κ3) is 7.27. The van der Waals surface area contributed by atoms with Gasteiger partial charge in [-0.25, -0.2) is 8.42 Å². The lowest BCUT2D eigenvalue weighted by Crippen LogP contribution is -2.53. The Bertz CT molecular complexity index is 1540. The topological polar surface area (TPSA) is 86.8 Å². The van der Waals surface area contributed by atoms with E-state index in [9.17, 15) is 18.0 Å². The molecular formula is C32H35N3O4S. The van der Waals surface area contributed by atoms with Crippen molar-refractivity contribution >= 4 is 38.3 Å². The largest absolute Gasteiger partial charge is 0.354 e. The van der Waals surface area contributed by atoms with Crippen molar-refractivity contribution in [3.8, 4) is 0 Å². The molecule has 0 aliphatic carbocycles. The summed E-state index contributed by atoms with van der Waals surface area (Å²) in [6.45, 7) is 2.16. The average molecular weight is 558 g/mol. The van der Waals surface area contributed by atoms with Gasteiger partial charge in [0.1, 0.15) is 12.6 Å². The minimum absolute atomic E-state index is 0.157. The highest BCUT2D eigenvalue weighted by atomic mass is 32.2. The van der Waals surface area contributed by atoms with E-state index in [0.29, 0.717) is 18.7 Å². The maximum atomic E-state index is 14.2. The molecule has 8 heteroatoms. The van der Waals surface area contributed by atoms with Crippen LogP contribution in [0.3, 0.4) is 0 Å². The summed E-state index contributed by atoms with van der Waals surface area (Å²) in [6, 6.07) is 30.9. The highest BCUT2D eigenvalue weighted by Gasteiger charge is 2.33. The lowest BCUT2D eigenvalue weighted by Gasteiger charge is -2.33. The van der Waals surface area contributed by atoms with E-state index in [4.69, 9.17) is 0 Å². The van der Waals surface area contributed by atoms with E-state index in [2.05, 4.69) is 5.32 Å². The van der Waals surface area contributed by atoms with Gasteiger partial charge in [0.2, 0.25) is 21.8 Å². The van der Waals surface area contributed by atoms with Crippen LogP contribution in [0.4, 0.5) is 5.69 Å². The van der Waals surface area contributed by atoms with Crippen LogP contribution in [0.1, 0.15) is 24.5 Å². The van der Waals surface area contributed by atoms with Crippen molar-refractivity contribution in [2.24, 2.45) is 0 Å². The van der Waals surface area contributed by atoms with Crippen molar-refractivity contribution in [2.75, 3.05) is 23.7 Å². The highest BCUT2D eigenvalue weighted by molar-refractivity contribution is 7.92. The van der Waals surface area contributed by atoms with Gasteiger partial charge in [-0.05, 0) is 29.0 Å². The minimum atomic E-state index is -3.84. The normalized spacial score (nSPS) is 12.1. The van der Waals surface area contributed by atoms with Crippen molar-refractivity contribution in [2.45, 2.75) is 32.4 Å². The smallest absolute Gasteiger partial charge is 0.244 e. The molecule has 1 atom stereocenters. The Labute approximate surface area is 236 Å². The summed E-state index contributed by atoms with van der Waals surface area (Å²) in [5.41, 5.74) is 2.16. The van der Waals surface area contributed by atoms with Crippen LogP contribution >= 0.6 is 0 Å². The first-order valence-electron chi connectivity index (χ1n) is 13.4. The maximum absolute atomic E-state index is 14.2. The van der Waals surface area contributed by atoms with Crippen LogP contribution in [-0.2, 0) is 32.6 Å². The van der Waals surface area contributed by atoms with Crippen LogP contribution in [-0.4, -0.2) is 50.5 Å². The van der Waals surface area contributed by atoms with E-state index in [-0.39, 0.29) is 12.5 Å². The summed E-state index contributed by atoms with van der Waals surface area (Å²) in [4.78, 5) is 29.2. The van der Waals surface area contributed by atoms with E-state index < -0.39 is 28.5 Å². The third-order valence-electron chi connectivity index (χ3n) is 6.73. The number of carbonyl (C=O) groups excluding carboxylic acids is 2.